The number of thioether (sulfide) groups is 1. The molecular weight excluding hydrogens is 480 g/mol. The lowest BCUT2D eigenvalue weighted by Crippen LogP contribution is -2.37. The SMILES string of the molecule is CC[C@@H](C)Nc1cc(N(S(C)(=O)=O)S(=O)(=O)c2ccccc2)nc(SCc2ccccc2)n1. The summed E-state index contributed by atoms with van der Waals surface area (Å²) in [5, 5.41) is 3.45. The van der Waals surface area contributed by atoms with E-state index >= 15 is 0 Å². The zero-order chi connectivity index (χ0) is 24.1. The largest absolute Gasteiger partial charge is 0.367 e. The third kappa shape index (κ3) is 6.46. The van der Waals surface area contributed by atoms with Crippen molar-refractivity contribution in [1.82, 2.24) is 9.97 Å². The summed E-state index contributed by atoms with van der Waals surface area (Å²) in [7, 11) is -8.67. The highest BCUT2D eigenvalue weighted by atomic mass is 32.3. The monoisotopic (exact) mass is 506 g/mol. The molecule has 33 heavy (non-hydrogen) atoms. The van der Waals surface area contributed by atoms with E-state index < -0.39 is 20.0 Å². The molecule has 11 heteroatoms. The van der Waals surface area contributed by atoms with E-state index in [1.165, 1.54) is 42.1 Å². The van der Waals surface area contributed by atoms with E-state index in [-0.39, 0.29) is 21.9 Å². The van der Waals surface area contributed by atoms with Crippen LogP contribution in [0.1, 0.15) is 25.8 Å². The summed E-state index contributed by atoms with van der Waals surface area (Å²) >= 11 is 1.29. The Morgan fingerprint density at radius 1 is 0.970 bits per heavy atom. The van der Waals surface area contributed by atoms with Gasteiger partial charge in [-0.05, 0) is 31.0 Å². The van der Waals surface area contributed by atoms with E-state index in [1.807, 2.05) is 44.2 Å². The molecule has 1 heterocycles. The van der Waals surface area contributed by atoms with Crippen LogP contribution in [-0.2, 0) is 25.8 Å². The first-order valence-electron chi connectivity index (χ1n) is 10.2. The molecule has 0 saturated carbocycles. The molecule has 1 atom stereocenters. The standard InChI is InChI=1S/C22H26N4O4S3/c1-4-17(2)23-20-15-21(25-22(24-20)31-16-18-11-7-5-8-12-18)26(32(3,27)28)33(29,30)19-13-9-6-10-14-19/h5-15,17H,4,16H2,1-3H3,(H,23,24,25)/t17-/m1/s1. The van der Waals surface area contributed by atoms with Gasteiger partial charge in [-0.25, -0.2) is 18.4 Å². The number of sulfonamides is 2. The zero-order valence-electron chi connectivity index (χ0n) is 18.5. The topological polar surface area (TPSA) is 109 Å². The lowest BCUT2D eigenvalue weighted by Gasteiger charge is -2.22. The van der Waals surface area contributed by atoms with Crippen LogP contribution in [-0.4, -0.2) is 39.1 Å². The Morgan fingerprint density at radius 3 is 2.15 bits per heavy atom. The van der Waals surface area contributed by atoms with Crippen molar-refractivity contribution >= 4 is 43.4 Å². The molecule has 0 aliphatic rings. The lowest BCUT2D eigenvalue weighted by atomic mass is 10.2. The van der Waals surface area contributed by atoms with Gasteiger partial charge in [0.2, 0.25) is 10.0 Å². The predicted octanol–water partition coefficient (Wildman–Crippen LogP) is 4.13. The normalized spacial score (nSPS) is 12.8. The van der Waals surface area contributed by atoms with Gasteiger partial charge >= 0.3 is 0 Å². The molecule has 0 unspecified atom stereocenters. The number of benzene rings is 2. The van der Waals surface area contributed by atoms with Gasteiger partial charge in [-0.15, -0.1) is 3.71 Å². The van der Waals surface area contributed by atoms with Crippen LogP contribution in [0.15, 0.2) is 76.8 Å². The summed E-state index contributed by atoms with van der Waals surface area (Å²) in [6.07, 6.45) is 1.64. The second-order valence-electron chi connectivity index (χ2n) is 7.40. The molecule has 0 radical (unpaired) electrons. The Morgan fingerprint density at radius 2 is 1.58 bits per heavy atom. The lowest BCUT2D eigenvalue weighted by molar-refractivity contribution is 0.586. The summed E-state index contributed by atoms with van der Waals surface area (Å²) in [6, 6.07) is 18.5. The van der Waals surface area contributed by atoms with Gasteiger partial charge in [0.05, 0.1) is 11.2 Å². The van der Waals surface area contributed by atoms with Crippen LogP contribution in [0, 0.1) is 0 Å². The average molecular weight is 507 g/mol. The minimum atomic E-state index is -4.43. The number of hydrogen-bond donors (Lipinski definition) is 1. The van der Waals surface area contributed by atoms with Gasteiger partial charge in [0.25, 0.3) is 10.0 Å². The molecule has 0 aliphatic carbocycles. The summed E-state index contributed by atoms with van der Waals surface area (Å²) in [5.41, 5.74) is 1.03. The number of aromatic nitrogens is 2. The predicted molar refractivity (Wildman–Crippen MR) is 132 cm³/mol. The third-order valence-electron chi connectivity index (χ3n) is 4.66. The van der Waals surface area contributed by atoms with E-state index in [9.17, 15) is 16.8 Å². The molecule has 0 aliphatic heterocycles. The fraction of sp³-hybridized carbons (Fsp3) is 0.273. The van der Waals surface area contributed by atoms with Gasteiger partial charge in [0, 0.05) is 17.9 Å². The zero-order valence-corrected chi connectivity index (χ0v) is 21.0. The van der Waals surface area contributed by atoms with E-state index in [0.29, 0.717) is 15.3 Å². The van der Waals surface area contributed by atoms with Crippen molar-refractivity contribution < 1.29 is 16.8 Å². The Kier molecular flexibility index (Phi) is 7.98. The number of hydrogen-bond acceptors (Lipinski definition) is 8. The van der Waals surface area contributed by atoms with Crippen LogP contribution < -0.4 is 9.03 Å². The highest BCUT2D eigenvalue weighted by Crippen LogP contribution is 2.30. The Bertz CT molecular complexity index is 1290. The molecule has 0 amide bonds. The van der Waals surface area contributed by atoms with Crippen LogP contribution in [0.2, 0.25) is 0 Å². The minimum Gasteiger partial charge on any atom is -0.367 e. The van der Waals surface area contributed by atoms with Gasteiger partial charge < -0.3 is 5.32 Å². The fourth-order valence-electron chi connectivity index (χ4n) is 2.88. The molecular formula is C22H26N4O4S3. The van der Waals surface area contributed by atoms with Gasteiger partial charge in [-0.2, -0.15) is 8.42 Å². The first-order chi connectivity index (χ1) is 15.6. The molecule has 176 valence electrons. The summed E-state index contributed by atoms with van der Waals surface area (Å²) < 4.78 is 52.4. The van der Waals surface area contributed by atoms with E-state index in [0.717, 1.165) is 18.2 Å². The van der Waals surface area contributed by atoms with E-state index in [2.05, 4.69) is 15.3 Å². The number of anilines is 2. The molecule has 0 saturated heterocycles. The molecule has 0 bridgehead atoms. The Hall–Kier alpha value is -2.63. The fourth-order valence-corrected chi connectivity index (χ4v) is 6.84. The quantitative estimate of drug-likeness (QED) is 0.323. The van der Waals surface area contributed by atoms with Crippen molar-refractivity contribution in [2.75, 3.05) is 15.3 Å². The third-order valence-corrected chi connectivity index (χ3v) is 9.26. The molecule has 0 fully saturated rings. The molecule has 8 nitrogen and oxygen atoms in total. The highest BCUT2D eigenvalue weighted by molar-refractivity contribution is 8.10. The van der Waals surface area contributed by atoms with Crippen LogP contribution in [0.25, 0.3) is 0 Å². The van der Waals surface area contributed by atoms with Crippen molar-refractivity contribution in [1.29, 1.82) is 0 Å². The van der Waals surface area contributed by atoms with E-state index in [4.69, 9.17) is 0 Å². The number of nitrogens with zero attached hydrogens (tertiary/aromatic N) is 3. The van der Waals surface area contributed by atoms with Crippen molar-refractivity contribution in [3.8, 4) is 0 Å². The maximum Gasteiger partial charge on any atom is 0.278 e. The maximum atomic E-state index is 13.3. The van der Waals surface area contributed by atoms with Crippen molar-refractivity contribution in [3.63, 3.8) is 0 Å². The Labute approximate surface area is 199 Å². The smallest absolute Gasteiger partial charge is 0.278 e. The molecule has 3 aromatic rings. The van der Waals surface area contributed by atoms with Crippen LogP contribution in [0.4, 0.5) is 11.6 Å². The molecule has 2 aromatic carbocycles. The van der Waals surface area contributed by atoms with Crippen LogP contribution >= 0.6 is 11.8 Å². The molecule has 0 spiro atoms. The number of rotatable bonds is 10. The molecule has 3 rings (SSSR count). The van der Waals surface area contributed by atoms with E-state index in [1.54, 1.807) is 6.07 Å². The average Bonchev–Trinajstić information content (AvgIpc) is 2.77. The van der Waals surface area contributed by atoms with Gasteiger partial charge in [0.1, 0.15) is 5.82 Å². The van der Waals surface area contributed by atoms with Gasteiger partial charge in [-0.1, -0.05) is 67.2 Å². The maximum absolute atomic E-state index is 13.3. The summed E-state index contributed by atoms with van der Waals surface area (Å²) in [5.74, 6) is 0.650. The van der Waals surface area contributed by atoms with Crippen LogP contribution in [0.3, 0.4) is 0 Å². The summed E-state index contributed by atoms with van der Waals surface area (Å²) in [6.45, 7) is 3.95. The molecule has 1 N–H and O–H groups in total. The summed E-state index contributed by atoms with van der Waals surface area (Å²) in [4.78, 5) is 8.65. The minimum absolute atomic E-state index is 0.0390. The van der Waals surface area contributed by atoms with Crippen molar-refractivity contribution in [3.05, 3.63) is 72.3 Å². The highest BCUT2D eigenvalue weighted by Gasteiger charge is 2.34. The first-order valence-corrected chi connectivity index (χ1v) is 14.5. The van der Waals surface area contributed by atoms with Crippen molar-refractivity contribution in [2.45, 2.75) is 42.1 Å². The van der Waals surface area contributed by atoms with Crippen molar-refractivity contribution in [2.24, 2.45) is 0 Å². The van der Waals surface area contributed by atoms with Gasteiger partial charge in [0.15, 0.2) is 11.0 Å². The first kappa shape index (κ1) is 25.0. The second-order valence-corrected chi connectivity index (χ2v) is 12.2. The molecule has 1 aromatic heterocycles. The Balaban J connectivity index is 2.09. The second kappa shape index (κ2) is 10.5. The van der Waals surface area contributed by atoms with Crippen LogP contribution in [0.5, 0.6) is 0 Å². The van der Waals surface area contributed by atoms with Gasteiger partial charge in [-0.3, -0.25) is 0 Å². The number of nitrogens with one attached hydrogen (secondary N) is 1.